The number of carbonyl (C=O) groups excluding carboxylic acids is 1. The molecule has 110 valence electrons. The topological polar surface area (TPSA) is 51.7 Å². The average Bonchev–Trinajstić information content (AvgIpc) is 2.24. The van der Waals surface area contributed by atoms with Gasteiger partial charge in [0.05, 0.1) is 7.11 Å². The Hall–Kier alpha value is -1.85. The standard InChI is InChI=1S/C14H19FN2O3/c1-14(2,3)20-13(18)17-7-9(8-17)10-5-6-16-12(15)11(10)19-4/h5-6,9H,7-8H2,1-4H3. The SMILES string of the molecule is COc1c(C2CN(C(=O)OC(C)(C)C)C2)ccnc1F. The van der Waals surface area contributed by atoms with Gasteiger partial charge >= 0.3 is 6.09 Å². The molecule has 20 heavy (non-hydrogen) atoms. The number of hydrogen-bond donors (Lipinski definition) is 0. The highest BCUT2D eigenvalue weighted by Gasteiger charge is 2.36. The fourth-order valence-electron chi connectivity index (χ4n) is 2.11. The van der Waals surface area contributed by atoms with Crippen LogP contribution in [0.1, 0.15) is 32.3 Å². The lowest BCUT2D eigenvalue weighted by Crippen LogP contribution is -2.50. The molecule has 1 aromatic heterocycles. The summed E-state index contributed by atoms with van der Waals surface area (Å²) < 4.78 is 23.8. The molecule has 0 radical (unpaired) electrons. The van der Waals surface area contributed by atoms with Crippen LogP contribution in [-0.2, 0) is 4.74 Å². The first kappa shape index (κ1) is 14.6. The lowest BCUT2D eigenvalue weighted by molar-refractivity contribution is 0.00797. The van der Waals surface area contributed by atoms with Crippen LogP contribution in [0.3, 0.4) is 0 Å². The Morgan fingerprint density at radius 3 is 2.65 bits per heavy atom. The fourth-order valence-corrected chi connectivity index (χ4v) is 2.11. The monoisotopic (exact) mass is 282 g/mol. The van der Waals surface area contributed by atoms with E-state index in [4.69, 9.17) is 9.47 Å². The lowest BCUT2D eigenvalue weighted by atomic mass is 9.92. The number of hydrogen-bond acceptors (Lipinski definition) is 4. The molecule has 2 heterocycles. The Labute approximate surface area is 117 Å². The summed E-state index contributed by atoms with van der Waals surface area (Å²) in [5, 5.41) is 0. The number of carbonyl (C=O) groups is 1. The normalized spacial score (nSPS) is 15.8. The molecule has 0 saturated carbocycles. The number of methoxy groups -OCH3 is 1. The summed E-state index contributed by atoms with van der Waals surface area (Å²) in [6, 6.07) is 1.72. The molecule has 1 amide bonds. The van der Waals surface area contributed by atoms with E-state index in [2.05, 4.69) is 4.98 Å². The third-order valence-corrected chi connectivity index (χ3v) is 3.07. The van der Waals surface area contributed by atoms with Crippen molar-refractivity contribution < 1.29 is 18.7 Å². The average molecular weight is 282 g/mol. The molecule has 0 unspecified atom stereocenters. The van der Waals surface area contributed by atoms with Gasteiger partial charge in [0.2, 0.25) is 0 Å². The molecule has 0 atom stereocenters. The van der Waals surface area contributed by atoms with Crippen LogP contribution in [0.2, 0.25) is 0 Å². The van der Waals surface area contributed by atoms with E-state index >= 15 is 0 Å². The quantitative estimate of drug-likeness (QED) is 0.782. The van der Waals surface area contributed by atoms with Crippen molar-refractivity contribution in [2.75, 3.05) is 20.2 Å². The third-order valence-electron chi connectivity index (χ3n) is 3.07. The number of aromatic nitrogens is 1. The van der Waals surface area contributed by atoms with Crippen molar-refractivity contribution in [3.8, 4) is 5.75 Å². The van der Waals surface area contributed by atoms with Crippen molar-refractivity contribution >= 4 is 6.09 Å². The number of rotatable bonds is 2. The van der Waals surface area contributed by atoms with Crippen LogP contribution >= 0.6 is 0 Å². The molecule has 6 heteroatoms. The molecule has 1 aliphatic rings. The Balaban J connectivity index is 2.00. The van der Waals surface area contributed by atoms with E-state index in [1.54, 1.807) is 11.0 Å². The van der Waals surface area contributed by atoms with Crippen LogP contribution in [0.25, 0.3) is 0 Å². The second-order valence-electron chi connectivity index (χ2n) is 5.81. The van der Waals surface area contributed by atoms with Crippen molar-refractivity contribution in [2.45, 2.75) is 32.3 Å². The highest BCUT2D eigenvalue weighted by atomic mass is 19.1. The van der Waals surface area contributed by atoms with Crippen LogP contribution < -0.4 is 4.74 Å². The summed E-state index contributed by atoms with van der Waals surface area (Å²) >= 11 is 0. The van der Waals surface area contributed by atoms with Crippen molar-refractivity contribution in [3.05, 3.63) is 23.8 Å². The summed E-state index contributed by atoms with van der Waals surface area (Å²) in [6.45, 7) is 6.46. The predicted molar refractivity (Wildman–Crippen MR) is 71.3 cm³/mol. The maximum Gasteiger partial charge on any atom is 0.410 e. The molecule has 1 aromatic rings. The molecule has 1 saturated heterocycles. The van der Waals surface area contributed by atoms with Gasteiger partial charge < -0.3 is 14.4 Å². The van der Waals surface area contributed by atoms with E-state index in [-0.39, 0.29) is 17.8 Å². The Morgan fingerprint density at radius 1 is 1.45 bits per heavy atom. The van der Waals surface area contributed by atoms with Crippen molar-refractivity contribution in [1.82, 2.24) is 9.88 Å². The zero-order chi connectivity index (χ0) is 14.9. The van der Waals surface area contributed by atoms with E-state index in [9.17, 15) is 9.18 Å². The first-order valence-electron chi connectivity index (χ1n) is 6.48. The first-order valence-corrected chi connectivity index (χ1v) is 6.48. The maximum atomic E-state index is 13.5. The Bertz CT molecular complexity index is 508. The molecule has 5 nitrogen and oxygen atoms in total. The van der Waals surface area contributed by atoms with Gasteiger partial charge in [-0.1, -0.05) is 0 Å². The Morgan fingerprint density at radius 2 is 2.10 bits per heavy atom. The molecule has 0 aliphatic carbocycles. The second kappa shape index (κ2) is 5.26. The molecule has 0 spiro atoms. The predicted octanol–water partition coefficient (Wildman–Crippen LogP) is 2.56. The molecule has 2 rings (SSSR count). The zero-order valence-electron chi connectivity index (χ0n) is 12.1. The van der Waals surface area contributed by atoms with Gasteiger partial charge in [0.25, 0.3) is 5.95 Å². The smallest absolute Gasteiger partial charge is 0.410 e. The highest BCUT2D eigenvalue weighted by Crippen LogP contribution is 2.34. The summed E-state index contributed by atoms with van der Waals surface area (Å²) in [7, 11) is 1.41. The summed E-state index contributed by atoms with van der Waals surface area (Å²) in [5.74, 6) is -0.419. The maximum absolute atomic E-state index is 13.5. The van der Waals surface area contributed by atoms with Gasteiger partial charge in [0, 0.05) is 30.8 Å². The molecule has 0 aromatic carbocycles. The zero-order valence-corrected chi connectivity index (χ0v) is 12.1. The van der Waals surface area contributed by atoms with E-state index in [1.807, 2.05) is 20.8 Å². The van der Waals surface area contributed by atoms with Gasteiger partial charge in [-0.15, -0.1) is 0 Å². The van der Waals surface area contributed by atoms with E-state index in [0.29, 0.717) is 13.1 Å². The number of amides is 1. The van der Waals surface area contributed by atoms with Gasteiger partial charge in [-0.25, -0.2) is 9.78 Å². The summed E-state index contributed by atoms with van der Waals surface area (Å²) in [5.41, 5.74) is 0.225. The number of ether oxygens (including phenoxy) is 2. The number of nitrogens with zero attached hydrogens (tertiary/aromatic N) is 2. The molecule has 0 bridgehead atoms. The van der Waals surface area contributed by atoms with E-state index < -0.39 is 11.5 Å². The van der Waals surface area contributed by atoms with Crippen LogP contribution in [0.5, 0.6) is 5.75 Å². The lowest BCUT2D eigenvalue weighted by Gasteiger charge is -2.40. The van der Waals surface area contributed by atoms with Gasteiger partial charge in [-0.05, 0) is 26.8 Å². The minimum atomic E-state index is -0.624. The minimum Gasteiger partial charge on any atom is -0.492 e. The van der Waals surface area contributed by atoms with Crippen molar-refractivity contribution in [3.63, 3.8) is 0 Å². The van der Waals surface area contributed by atoms with E-state index in [1.165, 1.54) is 13.3 Å². The fraction of sp³-hybridized carbons (Fsp3) is 0.571. The molecule has 1 aliphatic heterocycles. The van der Waals surface area contributed by atoms with Crippen LogP contribution in [0.4, 0.5) is 9.18 Å². The summed E-state index contributed by atoms with van der Waals surface area (Å²) in [6.07, 6.45) is 1.06. The third kappa shape index (κ3) is 3.00. The van der Waals surface area contributed by atoms with Crippen molar-refractivity contribution in [1.29, 1.82) is 0 Å². The molecular formula is C14H19FN2O3. The largest absolute Gasteiger partial charge is 0.492 e. The van der Waals surface area contributed by atoms with Gasteiger partial charge in [-0.3, -0.25) is 0 Å². The molecule has 0 N–H and O–H groups in total. The summed E-state index contributed by atoms with van der Waals surface area (Å²) in [4.78, 5) is 17.0. The number of pyridine rings is 1. The highest BCUT2D eigenvalue weighted by molar-refractivity contribution is 5.69. The molecular weight excluding hydrogens is 263 g/mol. The first-order chi connectivity index (χ1) is 9.31. The van der Waals surface area contributed by atoms with Gasteiger partial charge in [-0.2, -0.15) is 4.39 Å². The van der Waals surface area contributed by atoms with Crippen LogP contribution in [0, 0.1) is 5.95 Å². The number of likely N-dealkylation sites (tertiary alicyclic amines) is 1. The van der Waals surface area contributed by atoms with E-state index in [0.717, 1.165) is 5.56 Å². The Kier molecular flexibility index (Phi) is 3.83. The number of halogens is 1. The van der Waals surface area contributed by atoms with Gasteiger partial charge in [0.1, 0.15) is 5.60 Å². The molecule has 1 fully saturated rings. The van der Waals surface area contributed by atoms with Crippen LogP contribution in [0.15, 0.2) is 12.3 Å². The van der Waals surface area contributed by atoms with Crippen molar-refractivity contribution in [2.24, 2.45) is 0 Å². The van der Waals surface area contributed by atoms with Gasteiger partial charge in [0.15, 0.2) is 5.75 Å². The second-order valence-corrected chi connectivity index (χ2v) is 5.81. The van der Waals surface area contributed by atoms with Crippen LogP contribution in [-0.4, -0.2) is 41.8 Å². The minimum absolute atomic E-state index is 0.0509.